The van der Waals surface area contributed by atoms with E-state index in [0.29, 0.717) is 18.7 Å². The maximum Gasteiger partial charge on any atom is 0.254 e. The first-order valence-electron chi connectivity index (χ1n) is 8.91. The van der Waals surface area contributed by atoms with E-state index < -0.39 is 10.0 Å². The number of hydrogen-bond acceptors (Lipinski definition) is 5. The van der Waals surface area contributed by atoms with E-state index in [4.69, 9.17) is 10.00 Å². The third-order valence-corrected chi connectivity index (χ3v) is 5.59. The normalized spacial score (nSPS) is 10.8. The summed E-state index contributed by atoms with van der Waals surface area (Å²) >= 11 is 0. The number of amides is 1. The highest BCUT2D eigenvalue weighted by molar-refractivity contribution is 7.89. The lowest BCUT2D eigenvalue weighted by Crippen LogP contribution is -2.30. The molecule has 29 heavy (non-hydrogen) atoms. The number of nitrogens with zero attached hydrogens (tertiary/aromatic N) is 2. The molecular formula is C21H23N3O4S. The Morgan fingerprint density at radius 2 is 1.86 bits per heavy atom. The molecule has 0 spiro atoms. The third-order valence-electron chi connectivity index (χ3n) is 4.11. The van der Waals surface area contributed by atoms with Crippen LogP contribution in [0.3, 0.4) is 0 Å². The van der Waals surface area contributed by atoms with Gasteiger partial charge in [0.25, 0.3) is 5.91 Å². The number of nitriles is 1. The Kier molecular flexibility index (Phi) is 7.95. The van der Waals surface area contributed by atoms with Gasteiger partial charge in [0, 0.05) is 31.6 Å². The summed E-state index contributed by atoms with van der Waals surface area (Å²) in [6.45, 7) is 4.47. The summed E-state index contributed by atoms with van der Waals surface area (Å²) in [7, 11) is -2.13. The molecule has 8 heteroatoms. The highest BCUT2D eigenvalue weighted by atomic mass is 32.2. The zero-order valence-corrected chi connectivity index (χ0v) is 17.0. The van der Waals surface area contributed by atoms with Gasteiger partial charge in [0.05, 0.1) is 18.1 Å². The van der Waals surface area contributed by atoms with E-state index in [9.17, 15) is 13.2 Å². The van der Waals surface area contributed by atoms with Crippen LogP contribution in [0, 0.1) is 11.3 Å². The molecule has 0 aromatic heterocycles. The van der Waals surface area contributed by atoms with Crippen LogP contribution in [-0.4, -0.2) is 39.4 Å². The second kappa shape index (κ2) is 10.4. The van der Waals surface area contributed by atoms with Crippen molar-refractivity contribution in [3.63, 3.8) is 0 Å². The molecule has 152 valence electrons. The number of nitrogens with one attached hydrogen (secondary N) is 1. The Labute approximate surface area is 171 Å². The molecule has 1 N–H and O–H groups in total. The lowest BCUT2D eigenvalue weighted by atomic mass is 10.1. The monoisotopic (exact) mass is 413 g/mol. The fourth-order valence-electron chi connectivity index (χ4n) is 2.61. The molecule has 0 bridgehead atoms. The first-order valence-corrected chi connectivity index (χ1v) is 10.4. The van der Waals surface area contributed by atoms with E-state index in [1.165, 1.54) is 24.3 Å². The molecular weight excluding hydrogens is 390 g/mol. The molecule has 0 radical (unpaired) electrons. The summed E-state index contributed by atoms with van der Waals surface area (Å²) in [5.74, 6) is 0.498. The SMILES string of the molecule is C=CCN(Cc1ccc(OC)cc1)C(=O)c1ccc(S(=O)(=O)NCCC#N)cc1. The first-order chi connectivity index (χ1) is 13.9. The Hall–Kier alpha value is -3.15. The molecule has 7 nitrogen and oxygen atoms in total. The molecule has 0 saturated carbocycles. The molecule has 0 aliphatic rings. The van der Waals surface area contributed by atoms with Crippen molar-refractivity contribution in [2.75, 3.05) is 20.2 Å². The van der Waals surface area contributed by atoms with Crippen LogP contribution in [0.15, 0.2) is 66.1 Å². The summed E-state index contributed by atoms with van der Waals surface area (Å²) in [5.41, 5.74) is 1.30. The van der Waals surface area contributed by atoms with Crippen molar-refractivity contribution in [3.8, 4) is 11.8 Å². The highest BCUT2D eigenvalue weighted by Crippen LogP contribution is 2.16. The van der Waals surface area contributed by atoms with Crippen LogP contribution >= 0.6 is 0 Å². The average molecular weight is 413 g/mol. The number of hydrogen-bond donors (Lipinski definition) is 1. The van der Waals surface area contributed by atoms with E-state index in [-0.39, 0.29) is 23.8 Å². The standard InChI is InChI=1S/C21H23N3O4S/c1-3-15-24(16-17-5-9-19(28-2)10-6-17)21(25)18-7-11-20(12-8-18)29(26,27)23-14-4-13-22/h3,5-12,23H,1,4,14-16H2,2H3. The van der Waals surface area contributed by atoms with Gasteiger partial charge in [-0.2, -0.15) is 5.26 Å². The average Bonchev–Trinajstić information content (AvgIpc) is 2.73. The number of carbonyl (C=O) groups excluding carboxylic acids is 1. The Morgan fingerprint density at radius 1 is 1.21 bits per heavy atom. The third kappa shape index (κ3) is 6.17. The maximum atomic E-state index is 12.9. The number of benzene rings is 2. The minimum absolute atomic E-state index is 0.0362. The van der Waals surface area contributed by atoms with Crippen LogP contribution in [0.25, 0.3) is 0 Å². The topological polar surface area (TPSA) is 99.5 Å². The van der Waals surface area contributed by atoms with Crippen LogP contribution in [0.2, 0.25) is 0 Å². The molecule has 0 unspecified atom stereocenters. The van der Waals surface area contributed by atoms with Gasteiger partial charge in [0.1, 0.15) is 5.75 Å². The number of carbonyl (C=O) groups is 1. The van der Waals surface area contributed by atoms with Crippen LogP contribution in [-0.2, 0) is 16.6 Å². The second-order valence-corrected chi connectivity index (χ2v) is 7.92. The summed E-state index contributed by atoms with van der Waals surface area (Å²) < 4.78 is 31.8. The van der Waals surface area contributed by atoms with Crippen molar-refractivity contribution in [2.24, 2.45) is 0 Å². The molecule has 0 saturated heterocycles. The van der Waals surface area contributed by atoms with Crippen molar-refractivity contribution in [2.45, 2.75) is 17.9 Å². The van der Waals surface area contributed by atoms with Gasteiger partial charge in [-0.05, 0) is 42.0 Å². The van der Waals surface area contributed by atoms with Crippen molar-refractivity contribution in [1.82, 2.24) is 9.62 Å². The zero-order valence-electron chi connectivity index (χ0n) is 16.2. The highest BCUT2D eigenvalue weighted by Gasteiger charge is 2.18. The van der Waals surface area contributed by atoms with Gasteiger partial charge in [-0.15, -0.1) is 6.58 Å². The van der Waals surface area contributed by atoms with E-state index in [2.05, 4.69) is 11.3 Å². The van der Waals surface area contributed by atoms with Crippen LogP contribution in [0.5, 0.6) is 5.75 Å². The van der Waals surface area contributed by atoms with Gasteiger partial charge >= 0.3 is 0 Å². The predicted octanol–water partition coefficient (Wildman–Crippen LogP) is 2.72. The minimum atomic E-state index is -3.71. The number of ether oxygens (including phenoxy) is 1. The summed E-state index contributed by atoms with van der Waals surface area (Å²) in [6, 6.07) is 15.0. The summed E-state index contributed by atoms with van der Waals surface area (Å²) in [6.07, 6.45) is 1.72. The molecule has 2 aromatic rings. The Morgan fingerprint density at radius 3 is 2.41 bits per heavy atom. The largest absolute Gasteiger partial charge is 0.497 e. The van der Waals surface area contributed by atoms with E-state index in [0.717, 1.165) is 11.3 Å². The van der Waals surface area contributed by atoms with Crippen molar-refractivity contribution in [3.05, 3.63) is 72.3 Å². The lowest BCUT2D eigenvalue weighted by molar-refractivity contribution is 0.0762. The van der Waals surface area contributed by atoms with E-state index in [1.807, 2.05) is 30.3 Å². The van der Waals surface area contributed by atoms with Gasteiger partial charge < -0.3 is 9.64 Å². The predicted molar refractivity (Wildman–Crippen MR) is 110 cm³/mol. The molecule has 0 fully saturated rings. The van der Waals surface area contributed by atoms with Gasteiger partial charge in [-0.3, -0.25) is 4.79 Å². The molecule has 0 aliphatic carbocycles. The fourth-order valence-corrected chi connectivity index (χ4v) is 3.64. The Bertz CT molecular complexity index is 978. The number of rotatable bonds is 10. The molecule has 0 heterocycles. The molecule has 1 amide bonds. The molecule has 2 rings (SSSR count). The molecule has 2 aromatic carbocycles. The summed E-state index contributed by atoms with van der Waals surface area (Å²) in [5, 5.41) is 8.52. The number of methoxy groups -OCH3 is 1. The maximum absolute atomic E-state index is 12.9. The lowest BCUT2D eigenvalue weighted by Gasteiger charge is -2.21. The van der Waals surface area contributed by atoms with Gasteiger partial charge in [0.15, 0.2) is 0 Å². The van der Waals surface area contributed by atoms with Gasteiger partial charge in [0.2, 0.25) is 10.0 Å². The fraction of sp³-hybridized carbons (Fsp3) is 0.238. The van der Waals surface area contributed by atoms with Gasteiger partial charge in [-0.1, -0.05) is 18.2 Å². The van der Waals surface area contributed by atoms with Crippen molar-refractivity contribution >= 4 is 15.9 Å². The molecule has 0 atom stereocenters. The van der Waals surface area contributed by atoms with E-state index >= 15 is 0 Å². The summed E-state index contributed by atoms with van der Waals surface area (Å²) in [4.78, 5) is 14.5. The first kappa shape index (κ1) is 22.1. The van der Waals surface area contributed by atoms with Crippen LogP contribution in [0.4, 0.5) is 0 Å². The van der Waals surface area contributed by atoms with E-state index in [1.54, 1.807) is 18.1 Å². The second-order valence-electron chi connectivity index (χ2n) is 6.15. The van der Waals surface area contributed by atoms with Crippen molar-refractivity contribution in [1.29, 1.82) is 5.26 Å². The number of sulfonamides is 1. The quantitative estimate of drug-likeness (QED) is 0.477. The zero-order chi connectivity index (χ0) is 21.3. The molecule has 0 aliphatic heterocycles. The smallest absolute Gasteiger partial charge is 0.254 e. The Balaban J connectivity index is 2.14. The van der Waals surface area contributed by atoms with Crippen LogP contribution < -0.4 is 9.46 Å². The van der Waals surface area contributed by atoms with Crippen molar-refractivity contribution < 1.29 is 17.9 Å². The minimum Gasteiger partial charge on any atom is -0.497 e. The van der Waals surface area contributed by atoms with Gasteiger partial charge in [-0.25, -0.2) is 13.1 Å². The van der Waals surface area contributed by atoms with Crippen LogP contribution in [0.1, 0.15) is 22.3 Å².